The van der Waals surface area contributed by atoms with E-state index in [2.05, 4.69) is 5.32 Å². The van der Waals surface area contributed by atoms with E-state index in [0.717, 1.165) is 12.8 Å². The van der Waals surface area contributed by atoms with Crippen molar-refractivity contribution >= 4 is 29.3 Å². The van der Waals surface area contributed by atoms with Gasteiger partial charge in [-0.05, 0) is 50.1 Å². The lowest BCUT2D eigenvalue weighted by atomic mass is 10.0. The molecule has 4 amide bonds. The van der Waals surface area contributed by atoms with Gasteiger partial charge in [0.1, 0.15) is 6.04 Å². The molecule has 168 valence electrons. The van der Waals surface area contributed by atoms with Crippen molar-refractivity contribution in [2.24, 2.45) is 0 Å². The average molecular weight is 436 g/mol. The van der Waals surface area contributed by atoms with Crippen LogP contribution in [0.2, 0.25) is 0 Å². The number of amides is 4. The SMILES string of the molecule is CCCCN1C(=O)c2ccc(C(=O)N(CCC)C(C)C(=O)Nc3ccccc3)cc2C1=O. The number of carbonyl (C=O) groups excluding carboxylic acids is 4. The number of benzene rings is 2. The summed E-state index contributed by atoms with van der Waals surface area (Å²) in [6.45, 7) is 6.35. The Balaban J connectivity index is 1.81. The zero-order valence-electron chi connectivity index (χ0n) is 18.8. The number of rotatable bonds is 9. The van der Waals surface area contributed by atoms with Crippen molar-refractivity contribution in [1.29, 1.82) is 0 Å². The van der Waals surface area contributed by atoms with Crippen LogP contribution in [-0.2, 0) is 4.79 Å². The summed E-state index contributed by atoms with van der Waals surface area (Å²) in [7, 11) is 0. The molecule has 0 fully saturated rings. The second-order valence-corrected chi connectivity index (χ2v) is 7.91. The number of carbonyl (C=O) groups is 4. The zero-order valence-corrected chi connectivity index (χ0v) is 18.8. The van der Waals surface area contributed by atoms with E-state index in [4.69, 9.17) is 0 Å². The van der Waals surface area contributed by atoms with Crippen LogP contribution in [-0.4, -0.2) is 52.6 Å². The predicted molar refractivity (Wildman–Crippen MR) is 123 cm³/mol. The molecule has 1 atom stereocenters. The summed E-state index contributed by atoms with van der Waals surface area (Å²) in [5, 5.41) is 2.83. The van der Waals surface area contributed by atoms with Gasteiger partial charge in [-0.15, -0.1) is 0 Å². The third kappa shape index (κ3) is 4.72. The zero-order chi connectivity index (χ0) is 23.3. The van der Waals surface area contributed by atoms with Crippen LogP contribution in [0, 0.1) is 0 Å². The second-order valence-electron chi connectivity index (χ2n) is 7.91. The lowest BCUT2D eigenvalue weighted by Gasteiger charge is -2.28. The standard InChI is InChI=1S/C25H29N3O4/c1-4-6-15-28-24(31)20-13-12-18(16-21(20)25(28)32)23(30)27(14-5-2)17(3)22(29)26-19-10-8-7-9-11-19/h7-13,16-17H,4-6,14-15H2,1-3H3,(H,26,29). The first-order chi connectivity index (χ1) is 15.4. The number of nitrogens with zero attached hydrogens (tertiary/aromatic N) is 2. The summed E-state index contributed by atoms with van der Waals surface area (Å²) < 4.78 is 0. The smallest absolute Gasteiger partial charge is 0.261 e. The molecule has 1 N–H and O–H groups in total. The Morgan fingerprint density at radius 1 is 0.969 bits per heavy atom. The minimum atomic E-state index is -0.714. The van der Waals surface area contributed by atoms with Crippen LogP contribution in [0.1, 0.15) is 71.1 Å². The van der Waals surface area contributed by atoms with Gasteiger partial charge in [-0.2, -0.15) is 0 Å². The first-order valence-electron chi connectivity index (χ1n) is 11.1. The van der Waals surface area contributed by atoms with E-state index >= 15 is 0 Å². The predicted octanol–water partition coefficient (Wildman–Crippen LogP) is 3.96. The molecule has 0 aliphatic carbocycles. The molecular formula is C25H29N3O4. The molecular weight excluding hydrogens is 406 g/mol. The van der Waals surface area contributed by atoms with Crippen molar-refractivity contribution in [3.8, 4) is 0 Å². The molecule has 1 aliphatic heterocycles. The summed E-state index contributed by atoms with van der Waals surface area (Å²) in [6.07, 6.45) is 2.27. The summed E-state index contributed by atoms with van der Waals surface area (Å²) in [6, 6.07) is 12.9. The Bertz CT molecular complexity index is 1020. The summed E-state index contributed by atoms with van der Waals surface area (Å²) in [5.74, 6) is -1.34. The minimum absolute atomic E-state index is 0.245. The molecule has 7 heteroatoms. The van der Waals surface area contributed by atoms with Crippen LogP contribution in [0.3, 0.4) is 0 Å². The molecule has 1 heterocycles. The van der Waals surface area contributed by atoms with Gasteiger partial charge in [0.2, 0.25) is 5.91 Å². The molecule has 2 aromatic rings. The Kier molecular flexibility index (Phi) is 7.41. The molecule has 0 radical (unpaired) electrons. The van der Waals surface area contributed by atoms with Gasteiger partial charge in [0.15, 0.2) is 0 Å². The molecule has 3 rings (SSSR count). The van der Waals surface area contributed by atoms with Gasteiger partial charge in [-0.1, -0.05) is 38.5 Å². The molecule has 32 heavy (non-hydrogen) atoms. The van der Waals surface area contributed by atoms with Crippen molar-refractivity contribution < 1.29 is 19.2 Å². The number of hydrogen-bond acceptors (Lipinski definition) is 4. The average Bonchev–Trinajstić information content (AvgIpc) is 3.04. The third-order valence-corrected chi connectivity index (χ3v) is 5.57. The largest absolute Gasteiger partial charge is 0.327 e. The van der Waals surface area contributed by atoms with Gasteiger partial charge < -0.3 is 10.2 Å². The van der Waals surface area contributed by atoms with E-state index in [1.807, 2.05) is 32.0 Å². The van der Waals surface area contributed by atoms with E-state index < -0.39 is 6.04 Å². The molecule has 2 aromatic carbocycles. The van der Waals surface area contributed by atoms with E-state index in [0.29, 0.717) is 30.8 Å². The summed E-state index contributed by atoms with van der Waals surface area (Å²) >= 11 is 0. The topological polar surface area (TPSA) is 86.8 Å². The monoisotopic (exact) mass is 435 g/mol. The maximum Gasteiger partial charge on any atom is 0.261 e. The maximum absolute atomic E-state index is 13.3. The number of anilines is 1. The van der Waals surface area contributed by atoms with Crippen LogP contribution in [0.15, 0.2) is 48.5 Å². The van der Waals surface area contributed by atoms with Crippen LogP contribution >= 0.6 is 0 Å². The van der Waals surface area contributed by atoms with Gasteiger partial charge in [-0.3, -0.25) is 24.1 Å². The van der Waals surface area contributed by atoms with Crippen molar-refractivity contribution in [2.75, 3.05) is 18.4 Å². The van der Waals surface area contributed by atoms with E-state index in [9.17, 15) is 19.2 Å². The van der Waals surface area contributed by atoms with Gasteiger partial charge in [0.25, 0.3) is 17.7 Å². The van der Waals surface area contributed by atoms with E-state index in [-0.39, 0.29) is 34.8 Å². The quantitative estimate of drug-likeness (QED) is 0.604. The second kappa shape index (κ2) is 10.2. The normalized spacial score (nSPS) is 13.7. The van der Waals surface area contributed by atoms with Crippen molar-refractivity contribution in [3.63, 3.8) is 0 Å². The number of hydrogen-bond donors (Lipinski definition) is 1. The molecule has 1 aliphatic rings. The van der Waals surface area contributed by atoms with Crippen LogP contribution in [0.25, 0.3) is 0 Å². The number of nitrogens with one attached hydrogen (secondary N) is 1. The van der Waals surface area contributed by atoms with Crippen LogP contribution in [0.4, 0.5) is 5.69 Å². The van der Waals surface area contributed by atoms with Gasteiger partial charge >= 0.3 is 0 Å². The molecule has 0 aromatic heterocycles. The Labute approximate surface area is 188 Å². The van der Waals surface area contributed by atoms with Crippen molar-refractivity contribution in [3.05, 3.63) is 65.2 Å². The maximum atomic E-state index is 13.3. The van der Waals surface area contributed by atoms with Crippen LogP contribution in [0.5, 0.6) is 0 Å². The van der Waals surface area contributed by atoms with Crippen molar-refractivity contribution in [1.82, 2.24) is 9.80 Å². The van der Waals surface area contributed by atoms with Gasteiger partial charge in [0, 0.05) is 24.3 Å². The first-order valence-corrected chi connectivity index (χ1v) is 11.1. The minimum Gasteiger partial charge on any atom is -0.327 e. The highest BCUT2D eigenvalue weighted by Crippen LogP contribution is 2.25. The number of fused-ring (bicyclic) bond motifs is 1. The fraction of sp³-hybridized carbons (Fsp3) is 0.360. The Morgan fingerprint density at radius 3 is 2.31 bits per heavy atom. The molecule has 7 nitrogen and oxygen atoms in total. The Hall–Kier alpha value is -3.48. The molecule has 0 bridgehead atoms. The number of para-hydroxylation sites is 1. The summed E-state index contributed by atoms with van der Waals surface area (Å²) in [4.78, 5) is 54.1. The van der Waals surface area contributed by atoms with E-state index in [1.165, 1.54) is 21.9 Å². The van der Waals surface area contributed by atoms with Gasteiger partial charge in [0.05, 0.1) is 11.1 Å². The molecule has 0 saturated carbocycles. The number of imide groups is 1. The lowest BCUT2D eigenvalue weighted by Crippen LogP contribution is -2.46. The van der Waals surface area contributed by atoms with E-state index in [1.54, 1.807) is 25.1 Å². The fourth-order valence-corrected chi connectivity index (χ4v) is 3.73. The van der Waals surface area contributed by atoms with Gasteiger partial charge in [-0.25, -0.2) is 0 Å². The molecule has 0 saturated heterocycles. The fourth-order valence-electron chi connectivity index (χ4n) is 3.73. The molecule has 1 unspecified atom stereocenters. The van der Waals surface area contributed by atoms with Crippen molar-refractivity contribution in [2.45, 2.75) is 46.1 Å². The number of unbranched alkanes of at least 4 members (excludes halogenated alkanes) is 1. The summed E-state index contributed by atoms with van der Waals surface area (Å²) in [5.41, 5.74) is 1.51. The molecule has 0 spiro atoms. The third-order valence-electron chi connectivity index (χ3n) is 5.57. The highest BCUT2D eigenvalue weighted by Gasteiger charge is 2.36. The lowest BCUT2D eigenvalue weighted by molar-refractivity contribution is -0.120. The highest BCUT2D eigenvalue weighted by atomic mass is 16.2. The van der Waals surface area contributed by atoms with Crippen LogP contribution < -0.4 is 5.32 Å². The Morgan fingerprint density at radius 2 is 1.66 bits per heavy atom. The highest BCUT2D eigenvalue weighted by molar-refractivity contribution is 6.22. The first kappa shape index (κ1) is 23.2.